The van der Waals surface area contributed by atoms with E-state index in [4.69, 9.17) is 0 Å². The van der Waals surface area contributed by atoms with Crippen LogP contribution in [0.1, 0.15) is 26.2 Å². The first-order valence-corrected chi connectivity index (χ1v) is 8.14. The molecule has 6 heteroatoms. The third-order valence-corrected chi connectivity index (χ3v) is 5.02. The van der Waals surface area contributed by atoms with Crippen molar-refractivity contribution in [3.63, 3.8) is 0 Å². The van der Waals surface area contributed by atoms with Gasteiger partial charge in [-0.05, 0) is 37.3 Å². The Labute approximate surface area is 115 Å². The molecule has 106 valence electrons. The summed E-state index contributed by atoms with van der Waals surface area (Å²) in [6.07, 6.45) is 4.71. The van der Waals surface area contributed by atoms with Gasteiger partial charge in [0.25, 0.3) is 0 Å². The molecule has 0 bridgehead atoms. The van der Waals surface area contributed by atoms with Crippen molar-refractivity contribution >= 4 is 15.8 Å². The van der Waals surface area contributed by atoms with E-state index in [1.807, 2.05) is 0 Å². The summed E-state index contributed by atoms with van der Waals surface area (Å²) in [6, 6.07) is 3.33. The summed E-state index contributed by atoms with van der Waals surface area (Å²) in [7, 11) is -1.75. The van der Waals surface area contributed by atoms with Gasteiger partial charge in [-0.3, -0.25) is 0 Å². The van der Waals surface area contributed by atoms with Crippen LogP contribution in [0.25, 0.3) is 0 Å². The van der Waals surface area contributed by atoms with Crippen LogP contribution in [0.5, 0.6) is 0 Å². The molecule has 1 saturated carbocycles. The van der Waals surface area contributed by atoms with Crippen LogP contribution >= 0.6 is 0 Å². The van der Waals surface area contributed by atoms with Gasteiger partial charge in [-0.25, -0.2) is 17.7 Å². The average molecular weight is 283 g/mol. The van der Waals surface area contributed by atoms with Crippen LogP contribution in [0.2, 0.25) is 0 Å². The van der Waals surface area contributed by atoms with E-state index in [-0.39, 0.29) is 4.90 Å². The summed E-state index contributed by atoms with van der Waals surface area (Å²) in [5.41, 5.74) is 0. The van der Waals surface area contributed by atoms with Gasteiger partial charge in [0.15, 0.2) is 0 Å². The fraction of sp³-hybridized carbons (Fsp3) is 0.615. The lowest BCUT2D eigenvalue weighted by atomic mass is 10.4. The fourth-order valence-corrected chi connectivity index (χ4v) is 3.03. The van der Waals surface area contributed by atoms with E-state index < -0.39 is 10.0 Å². The van der Waals surface area contributed by atoms with E-state index >= 15 is 0 Å². The van der Waals surface area contributed by atoms with Gasteiger partial charge in [0.05, 0.1) is 0 Å². The second kappa shape index (κ2) is 5.88. The summed E-state index contributed by atoms with van der Waals surface area (Å²) < 4.78 is 26.0. The largest absolute Gasteiger partial charge is 0.370 e. The molecule has 19 heavy (non-hydrogen) atoms. The number of nitrogens with one attached hydrogen (secondary N) is 1. The molecule has 0 radical (unpaired) electrons. The maximum absolute atomic E-state index is 12.3. The third kappa shape index (κ3) is 3.67. The molecule has 0 aromatic carbocycles. The van der Waals surface area contributed by atoms with Crippen LogP contribution in [-0.2, 0) is 10.0 Å². The smallest absolute Gasteiger partial charge is 0.244 e. The molecular formula is C13H21N3O2S. The van der Waals surface area contributed by atoms with Crippen molar-refractivity contribution in [1.82, 2.24) is 9.29 Å². The molecule has 1 fully saturated rings. The summed E-state index contributed by atoms with van der Waals surface area (Å²) in [6.45, 7) is 3.51. The number of pyridine rings is 1. The molecular weight excluding hydrogens is 262 g/mol. The third-order valence-electron chi connectivity index (χ3n) is 3.21. The molecule has 1 heterocycles. The zero-order chi connectivity index (χ0) is 13.9. The molecule has 0 spiro atoms. The van der Waals surface area contributed by atoms with Gasteiger partial charge in [-0.2, -0.15) is 0 Å². The molecule has 0 saturated heterocycles. The zero-order valence-electron chi connectivity index (χ0n) is 11.5. The first-order chi connectivity index (χ1) is 9.04. The first-order valence-electron chi connectivity index (χ1n) is 6.70. The van der Waals surface area contributed by atoms with Crippen LogP contribution in [-0.4, -0.2) is 37.8 Å². The minimum atomic E-state index is -3.39. The van der Waals surface area contributed by atoms with E-state index in [9.17, 15) is 8.42 Å². The monoisotopic (exact) mass is 283 g/mol. The Morgan fingerprint density at radius 1 is 1.42 bits per heavy atom. The number of hydrogen-bond donors (Lipinski definition) is 1. The van der Waals surface area contributed by atoms with Gasteiger partial charge in [0.1, 0.15) is 10.7 Å². The molecule has 0 atom stereocenters. The van der Waals surface area contributed by atoms with E-state index in [0.29, 0.717) is 18.3 Å². The van der Waals surface area contributed by atoms with E-state index in [1.165, 1.54) is 10.5 Å². The average Bonchev–Trinajstić information content (AvgIpc) is 3.20. The number of rotatable bonds is 7. The number of anilines is 1. The maximum Gasteiger partial charge on any atom is 0.244 e. The molecule has 5 nitrogen and oxygen atoms in total. The molecule has 1 aliphatic carbocycles. The molecule has 0 aliphatic heterocycles. The number of aromatic nitrogens is 1. The molecule has 1 aromatic rings. The standard InChI is InChI=1S/C13H21N3O2S/c1-3-8-14-13-7-6-12(9-15-13)19(17,18)16(2)10-11-4-5-11/h6-7,9,11H,3-5,8,10H2,1-2H3,(H,14,15). The Kier molecular flexibility index (Phi) is 4.42. The SMILES string of the molecule is CCCNc1ccc(S(=O)(=O)N(C)CC2CC2)cn1. The van der Waals surface area contributed by atoms with Crippen molar-refractivity contribution in [1.29, 1.82) is 0 Å². The van der Waals surface area contributed by atoms with Crippen LogP contribution in [0, 0.1) is 5.92 Å². The summed E-state index contributed by atoms with van der Waals surface area (Å²) in [5.74, 6) is 1.25. The normalized spacial score (nSPS) is 15.7. The second-order valence-electron chi connectivity index (χ2n) is 5.03. The fourth-order valence-electron chi connectivity index (χ4n) is 1.83. The molecule has 0 unspecified atom stereocenters. The van der Waals surface area contributed by atoms with Gasteiger partial charge >= 0.3 is 0 Å². The van der Waals surface area contributed by atoms with Gasteiger partial charge in [0, 0.05) is 26.3 Å². The molecule has 2 rings (SSSR count). The number of hydrogen-bond acceptors (Lipinski definition) is 4. The van der Waals surface area contributed by atoms with Crippen molar-refractivity contribution in [3.8, 4) is 0 Å². The highest BCUT2D eigenvalue weighted by Crippen LogP contribution is 2.30. The van der Waals surface area contributed by atoms with Gasteiger partial charge < -0.3 is 5.32 Å². The van der Waals surface area contributed by atoms with Crippen molar-refractivity contribution in [2.45, 2.75) is 31.1 Å². The summed E-state index contributed by atoms with van der Waals surface area (Å²) in [5, 5.41) is 3.12. The second-order valence-corrected chi connectivity index (χ2v) is 7.08. The highest BCUT2D eigenvalue weighted by Gasteiger charge is 2.29. The van der Waals surface area contributed by atoms with E-state index in [2.05, 4.69) is 17.2 Å². The number of sulfonamides is 1. The lowest BCUT2D eigenvalue weighted by molar-refractivity contribution is 0.452. The first kappa shape index (κ1) is 14.3. The minimum Gasteiger partial charge on any atom is -0.370 e. The van der Waals surface area contributed by atoms with Gasteiger partial charge in [0.2, 0.25) is 10.0 Å². The lowest BCUT2D eigenvalue weighted by Crippen LogP contribution is -2.29. The maximum atomic E-state index is 12.3. The van der Waals surface area contributed by atoms with E-state index in [0.717, 1.165) is 25.8 Å². The van der Waals surface area contributed by atoms with Gasteiger partial charge in [-0.15, -0.1) is 0 Å². The molecule has 1 aromatic heterocycles. The summed E-state index contributed by atoms with van der Waals surface area (Å²) in [4.78, 5) is 4.40. The van der Waals surface area contributed by atoms with Crippen molar-refractivity contribution < 1.29 is 8.42 Å². The minimum absolute atomic E-state index is 0.262. The van der Waals surface area contributed by atoms with Crippen molar-refractivity contribution in [3.05, 3.63) is 18.3 Å². The van der Waals surface area contributed by atoms with Crippen LogP contribution in [0.4, 0.5) is 5.82 Å². The Hall–Kier alpha value is -1.14. The Morgan fingerprint density at radius 3 is 2.68 bits per heavy atom. The number of nitrogens with zero attached hydrogens (tertiary/aromatic N) is 2. The molecule has 1 N–H and O–H groups in total. The van der Waals surface area contributed by atoms with E-state index in [1.54, 1.807) is 19.2 Å². The Balaban J connectivity index is 2.06. The Bertz CT molecular complexity index is 509. The van der Waals surface area contributed by atoms with Gasteiger partial charge in [-0.1, -0.05) is 6.92 Å². The van der Waals surface area contributed by atoms with Crippen LogP contribution in [0.3, 0.4) is 0 Å². The summed E-state index contributed by atoms with van der Waals surface area (Å²) >= 11 is 0. The van der Waals surface area contributed by atoms with Crippen LogP contribution < -0.4 is 5.32 Å². The zero-order valence-corrected chi connectivity index (χ0v) is 12.3. The predicted molar refractivity (Wildman–Crippen MR) is 75.6 cm³/mol. The molecule has 0 amide bonds. The topological polar surface area (TPSA) is 62.3 Å². The van der Waals surface area contributed by atoms with Crippen molar-refractivity contribution in [2.75, 3.05) is 25.5 Å². The lowest BCUT2D eigenvalue weighted by Gasteiger charge is -2.16. The molecule has 1 aliphatic rings. The Morgan fingerprint density at radius 2 is 2.16 bits per heavy atom. The highest BCUT2D eigenvalue weighted by atomic mass is 32.2. The highest BCUT2D eigenvalue weighted by molar-refractivity contribution is 7.89. The van der Waals surface area contributed by atoms with Crippen molar-refractivity contribution in [2.24, 2.45) is 5.92 Å². The predicted octanol–water partition coefficient (Wildman–Crippen LogP) is 1.93. The van der Waals surface area contributed by atoms with Crippen LogP contribution in [0.15, 0.2) is 23.2 Å². The quantitative estimate of drug-likeness (QED) is 0.830.